The first-order chi connectivity index (χ1) is 9.49. The number of rotatable bonds is 9. The highest BCUT2D eigenvalue weighted by Gasteiger charge is 2.13. The van der Waals surface area contributed by atoms with Crippen molar-refractivity contribution >= 4 is 21.8 Å². The molecule has 0 aliphatic heterocycles. The minimum Gasteiger partial charge on any atom is -0.319 e. The number of hydrogen-bond acceptors (Lipinski definition) is 4. The van der Waals surface area contributed by atoms with Crippen LogP contribution in [0.2, 0.25) is 0 Å². The maximum atomic E-state index is 12.1. The molecule has 1 atom stereocenters. The molecule has 0 aromatic heterocycles. The van der Waals surface area contributed by atoms with E-state index < -0.39 is 10.0 Å². The van der Waals surface area contributed by atoms with Crippen molar-refractivity contribution in [2.24, 2.45) is 0 Å². The molecule has 6 heteroatoms. The molecule has 1 aromatic rings. The van der Waals surface area contributed by atoms with Gasteiger partial charge in [-0.3, -0.25) is 0 Å². The lowest BCUT2D eigenvalue weighted by Crippen LogP contribution is -2.26. The van der Waals surface area contributed by atoms with Gasteiger partial charge in [0.05, 0.1) is 4.90 Å². The molecule has 4 nitrogen and oxygen atoms in total. The highest BCUT2D eigenvalue weighted by molar-refractivity contribution is 7.99. The predicted molar refractivity (Wildman–Crippen MR) is 86.9 cm³/mol. The van der Waals surface area contributed by atoms with E-state index in [0.29, 0.717) is 16.7 Å². The van der Waals surface area contributed by atoms with Crippen molar-refractivity contribution in [3.05, 3.63) is 29.8 Å². The van der Waals surface area contributed by atoms with Gasteiger partial charge in [-0.2, -0.15) is 11.8 Å². The van der Waals surface area contributed by atoms with E-state index in [1.54, 1.807) is 23.9 Å². The summed E-state index contributed by atoms with van der Waals surface area (Å²) < 4.78 is 26.8. The van der Waals surface area contributed by atoms with E-state index in [1.165, 1.54) is 0 Å². The van der Waals surface area contributed by atoms with Crippen LogP contribution < -0.4 is 10.0 Å². The van der Waals surface area contributed by atoms with Crippen LogP contribution >= 0.6 is 11.8 Å². The van der Waals surface area contributed by atoms with E-state index in [9.17, 15) is 8.42 Å². The Morgan fingerprint density at radius 2 is 1.85 bits per heavy atom. The first kappa shape index (κ1) is 17.5. The topological polar surface area (TPSA) is 58.2 Å². The van der Waals surface area contributed by atoms with Crippen LogP contribution in [0.1, 0.15) is 18.9 Å². The van der Waals surface area contributed by atoms with Gasteiger partial charge in [0.2, 0.25) is 10.0 Å². The van der Waals surface area contributed by atoms with Crippen molar-refractivity contribution in [2.45, 2.75) is 29.9 Å². The van der Waals surface area contributed by atoms with Gasteiger partial charge in [-0.1, -0.05) is 19.1 Å². The van der Waals surface area contributed by atoms with Crippen LogP contribution in [-0.2, 0) is 16.4 Å². The molecule has 0 saturated heterocycles. The molecule has 2 N–H and O–H groups in total. The lowest BCUT2D eigenvalue weighted by atomic mass is 10.1. The van der Waals surface area contributed by atoms with Gasteiger partial charge < -0.3 is 5.32 Å². The van der Waals surface area contributed by atoms with Gasteiger partial charge in [0, 0.05) is 11.8 Å². The van der Waals surface area contributed by atoms with E-state index in [2.05, 4.69) is 17.0 Å². The number of likely N-dealkylation sites (N-methyl/N-ethyl adjacent to an activating group) is 1. The fourth-order valence-electron chi connectivity index (χ4n) is 1.70. The molecule has 0 heterocycles. The van der Waals surface area contributed by atoms with Crippen LogP contribution in [0.3, 0.4) is 0 Å². The molecule has 0 aliphatic carbocycles. The van der Waals surface area contributed by atoms with Gasteiger partial charge in [-0.05, 0) is 50.4 Å². The molecule has 20 heavy (non-hydrogen) atoms. The zero-order valence-electron chi connectivity index (χ0n) is 12.3. The summed E-state index contributed by atoms with van der Waals surface area (Å²) in [4.78, 5) is 0.336. The Balaban J connectivity index is 2.58. The van der Waals surface area contributed by atoms with Gasteiger partial charge >= 0.3 is 0 Å². The van der Waals surface area contributed by atoms with Gasteiger partial charge in [-0.25, -0.2) is 13.1 Å². The van der Waals surface area contributed by atoms with Crippen LogP contribution in [0.5, 0.6) is 0 Å². The molecular formula is C14H24N2O2S2. The molecule has 1 aromatic carbocycles. The first-order valence-corrected chi connectivity index (χ1v) is 9.52. The summed E-state index contributed by atoms with van der Waals surface area (Å²) in [6.07, 6.45) is 3.76. The van der Waals surface area contributed by atoms with E-state index >= 15 is 0 Å². The third-order valence-electron chi connectivity index (χ3n) is 3.14. The highest BCUT2D eigenvalue weighted by Crippen LogP contribution is 2.12. The maximum Gasteiger partial charge on any atom is 0.240 e. The summed E-state index contributed by atoms with van der Waals surface area (Å²) in [5, 5.41) is 3.53. The lowest BCUT2D eigenvalue weighted by molar-refractivity contribution is 0.579. The molecule has 0 radical (unpaired) electrons. The highest BCUT2D eigenvalue weighted by atomic mass is 32.2. The van der Waals surface area contributed by atoms with E-state index in [4.69, 9.17) is 0 Å². The van der Waals surface area contributed by atoms with Gasteiger partial charge in [0.25, 0.3) is 0 Å². The summed E-state index contributed by atoms with van der Waals surface area (Å²) in [7, 11) is -1.48. The van der Waals surface area contributed by atoms with Crippen molar-refractivity contribution < 1.29 is 8.42 Å². The van der Waals surface area contributed by atoms with E-state index in [0.717, 1.165) is 24.9 Å². The van der Waals surface area contributed by atoms with Crippen molar-refractivity contribution in [3.63, 3.8) is 0 Å². The standard InChI is InChI=1S/C14H24N2O2S2/c1-12(19-3)8-11-16-20(17,18)14-6-4-13(5-7-14)9-10-15-2/h4-7,12,15-16H,8-11H2,1-3H3. The summed E-state index contributed by atoms with van der Waals surface area (Å²) in [5.41, 5.74) is 1.13. The Bertz CT molecular complexity index is 486. The Morgan fingerprint density at radius 1 is 1.20 bits per heavy atom. The van der Waals surface area contributed by atoms with Gasteiger partial charge in [-0.15, -0.1) is 0 Å². The fourth-order valence-corrected chi connectivity index (χ4v) is 3.10. The number of sulfonamides is 1. The lowest BCUT2D eigenvalue weighted by Gasteiger charge is -2.10. The molecule has 0 bridgehead atoms. The van der Waals surface area contributed by atoms with Gasteiger partial charge in [0.15, 0.2) is 0 Å². The van der Waals surface area contributed by atoms with Crippen molar-refractivity contribution in [2.75, 3.05) is 26.4 Å². The Hall–Kier alpha value is -0.560. The van der Waals surface area contributed by atoms with Crippen LogP contribution in [-0.4, -0.2) is 40.1 Å². The largest absolute Gasteiger partial charge is 0.319 e. The zero-order chi connectivity index (χ0) is 15.0. The van der Waals surface area contributed by atoms with Gasteiger partial charge in [0.1, 0.15) is 0 Å². The van der Waals surface area contributed by atoms with Crippen molar-refractivity contribution in [3.8, 4) is 0 Å². The third-order valence-corrected chi connectivity index (χ3v) is 5.66. The zero-order valence-corrected chi connectivity index (χ0v) is 14.0. The minimum atomic E-state index is -3.38. The molecule has 1 rings (SSSR count). The third kappa shape index (κ3) is 5.83. The molecule has 0 fully saturated rings. The maximum absolute atomic E-state index is 12.1. The van der Waals surface area contributed by atoms with Crippen LogP contribution in [0.4, 0.5) is 0 Å². The molecule has 0 spiro atoms. The van der Waals surface area contributed by atoms with E-state index in [1.807, 2.05) is 25.4 Å². The molecular weight excluding hydrogens is 292 g/mol. The molecule has 0 saturated carbocycles. The van der Waals surface area contributed by atoms with E-state index in [-0.39, 0.29) is 0 Å². The second-order valence-electron chi connectivity index (χ2n) is 4.73. The quantitative estimate of drug-likeness (QED) is 0.730. The van der Waals surface area contributed by atoms with Crippen LogP contribution in [0.25, 0.3) is 0 Å². The smallest absolute Gasteiger partial charge is 0.240 e. The molecule has 0 aliphatic rings. The molecule has 0 amide bonds. The SMILES string of the molecule is CNCCc1ccc(S(=O)(=O)NCCC(C)SC)cc1. The average Bonchev–Trinajstić information content (AvgIpc) is 2.45. The predicted octanol–water partition coefficient (Wildman–Crippen LogP) is 1.87. The first-order valence-electron chi connectivity index (χ1n) is 6.75. The summed E-state index contributed by atoms with van der Waals surface area (Å²) in [6.45, 7) is 3.46. The Labute approximate surface area is 126 Å². The van der Waals surface area contributed by atoms with Crippen molar-refractivity contribution in [1.82, 2.24) is 10.0 Å². The molecule has 1 unspecified atom stereocenters. The minimum absolute atomic E-state index is 0.336. The number of hydrogen-bond donors (Lipinski definition) is 2. The second-order valence-corrected chi connectivity index (χ2v) is 7.77. The number of thioether (sulfide) groups is 1. The summed E-state index contributed by atoms with van der Waals surface area (Å²) >= 11 is 1.74. The summed E-state index contributed by atoms with van der Waals surface area (Å²) in [5.74, 6) is 0. The second kappa shape index (κ2) is 8.67. The monoisotopic (exact) mass is 316 g/mol. The summed E-state index contributed by atoms with van der Waals surface area (Å²) in [6, 6.07) is 7.09. The fraction of sp³-hybridized carbons (Fsp3) is 0.571. The number of benzene rings is 1. The Morgan fingerprint density at radius 3 is 2.40 bits per heavy atom. The number of nitrogens with one attached hydrogen (secondary N) is 2. The normalized spacial score (nSPS) is 13.3. The molecule has 114 valence electrons. The Kier molecular flexibility index (Phi) is 7.58. The average molecular weight is 316 g/mol. The van der Waals surface area contributed by atoms with Crippen molar-refractivity contribution in [1.29, 1.82) is 0 Å². The van der Waals surface area contributed by atoms with Crippen LogP contribution in [0.15, 0.2) is 29.2 Å². The van der Waals surface area contributed by atoms with Crippen LogP contribution in [0, 0.1) is 0 Å².